The molecule has 0 heterocycles. The van der Waals surface area contributed by atoms with E-state index in [1.54, 1.807) is 0 Å². The summed E-state index contributed by atoms with van der Waals surface area (Å²) >= 11 is 0. The lowest BCUT2D eigenvalue weighted by Gasteiger charge is -2.31. The van der Waals surface area contributed by atoms with E-state index in [4.69, 9.17) is 5.73 Å². The van der Waals surface area contributed by atoms with Crippen LogP contribution in [-0.4, -0.2) is 5.54 Å². The molecule has 1 unspecified atom stereocenters. The highest BCUT2D eigenvalue weighted by molar-refractivity contribution is 5.72. The molecule has 1 atom stereocenters. The lowest BCUT2D eigenvalue weighted by molar-refractivity contribution is 0.427. The Hall–Kier alpha value is -1.32. The molecule has 0 saturated heterocycles. The summed E-state index contributed by atoms with van der Waals surface area (Å²) in [6.45, 7) is 6.37. The summed E-state index contributed by atoms with van der Waals surface area (Å²) in [5.41, 5.74) is 4.80. The number of rotatable bonds is 9. The molecule has 19 heavy (non-hydrogen) atoms. The van der Waals surface area contributed by atoms with E-state index in [0.717, 1.165) is 19.3 Å². The standard InChI is InChI=1S/C15H26N2O2/c1-4-6-7-8-9-10-15(3,5-2)17-12-11(16)13(18)14(12)19/h17H,4-10,16H2,1-3H3. The Morgan fingerprint density at radius 1 is 1.05 bits per heavy atom. The molecule has 1 rings (SSSR count). The fourth-order valence-corrected chi connectivity index (χ4v) is 2.28. The van der Waals surface area contributed by atoms with Gasteiger partial charge in [0.05, 0.1) is 0 Å². The van der Waals surface area contributed by atoms with Crippen molar-refractivity contribution in [1.82, 2.24) is 0 Å². The molecule has 0 aliphatic carbocycles. The van der Waals surface area contributed by atoms with Crippen molar-refractivity contribution in [1.29, 1.82) is 0 Å². The Morgan fingerprint density at radius 3 is 2.21 bits per heavy atom. The van der Waals surface area contributed by atoms with Crippen LogP contribution in [0.1, 0.15) is 65.7 Å². The quantitative estimate of drug-likeness (QED) is 0.532. The zero-order valence-electron chi connectivity index (χ0n) is 12.3. The van der Waals surface area contributed by atoms with Gasteiger partial charge in [-0.3, -0.25) is 9.59 Å². The van der Waals surface area contributed by atoms with Crippen LogP contribution in [0.2, 0.25) is 0 Å². The Balaban J connectivity index is 2.52. The summed E-state index contributed by atoms with van der Waals surface area (Å²) in [7, 11) is 0. The minimum Gasteiger partial charge on any atom is -0.394 e. The van der Waals surface area contributed by atoms with Crippen molar-refractivity contribution in [2.75, 3.05) is 11.1 Å². The van der Waals surface area contributed by atoms with Gasteiger partial charge >= 0.3 is 0 Å². The van der Waals surface area contributed by atoms with Crippen LogP contribution in [-0.2, 0) is 0 Å². The van der Waals surface area contributed by atoms with Crippen LogP contribution in [0.5, 0.6) is 0 Å². The molecule has 0 aliphatic heterocycles. The fraction of sp³-hybridized carbons (Fsp3) is 0.733. The highest BCUT2D eigenvalue weighted by Crippen LogP contribution is 2.25. The van der Waals surface area contributed by atoms with Gasteiger partial charge in [0.15, 0.2) is 0 Å². The maximum absolute atomic E-state index is 11.4. The van der Waals surface area contributed by atoms with Crippen molar-refractivity contribution >= 4 is 11.4 Å². The van der Waals surface area contributed by atoms with Crippen LogP contribution in [0.25, 0.3) is 0 Å². The van der Waals surface area contributed by atoms with Gasteiger partial charge < -0.3 is 11.1 Å². The van der Waals surface area contributed by atoms with Crippen LogP contribution in [0.4, 0.5) is 11.4 Å². The number of unbranched alkanes of at least 4 members (excludes halogenated alkanes) is 4. The first-order valence-electron chi connectivity index (χ1n) is 7.32. The van der Waals surface area contributed by atoms with Crippen molar-refractivity contribution in [3.8, 4) is 0 Å². The lowest BCUT2D eigenvalue weighted by Crippen LogP contribution is -2.44. The molecule has 1 aromatic rings. The average molecular weight is 266 g/mol. The van der Waals surface area contributed by atoms with Gasteiger partial charge in [0.25, 0.3) is 10.9 Å². The number of hydrogen-bond donors (Lipinski definition) is 2. The first kappa shape index (κ1) is 15.7. The van der Waals surface area contributed by atoms with Gasteiger partial charge in [-0.2, -0.15) is 0 Å². The molecule has 0 bridgehead atoms. The average Bonchev–Trinajstić information content (AvgIpc) is 2.43. The lowest BCUT2D eigenvalue weighted by atomic mass is 9.90. The molecule has 0 aromatic heterocycles. The molecule has 0 saturated carbocycles. The van der Waals surface area contributed by atoms with Crippen LogP contribution >= 0.6 is 0 Å². The number of anilines is 2. The predicted octanol–water partition coefficient (Wildman–Crippen LogP) is 2.81. The predicted molar refractivity (Wildman–Crippen MR) is 81.5 cm³/mol. The molecule has 0 amide bonds. The largest absolute Gasteiger partial charge is 0.394 e. The van der Waals surface area contributed by atoms with E-state index < -0.39 is 10.9 Å². The smallest absolute Gasteiger partial charge is 0.253 e. The molecular formula is C15H26N2O2. The topological polar surface area (TPSA) is 72.2 Å². The summed E-state index contributed by atoms with van der Waals surface area (Å²) in [5, 5.41) is 3.18. The van der Waals surface area contributed by atoms with Gasteiger partial charge in [0.2, 0.25) is 0 Å². The van der Waals surface area contributed by atoms with Gasteiger partial charge in [0, 0.05) is 5.54 Å². The third kappa shape index (κ3) is 3.82. The third-order valence-corrected chi connectivity index (χ3v) is 3.99. The second-order valence-corrected chi connectivity index (χ2v) is 5.65. The van der Waals surface area contributed by atoms with Crippen molar-refractivity contribution in [3.05, 3.63) is 20.4 Å². The Kier molecular flexibility index (Phi) is 5.58. The van der Waals surface area contributed by atoms with E-state index in [9.17, 15) is 9.59 Å². The van der Waals surface area contributed by atoms with Gasteiger partial charge in [-0.05, 0) is 19.8 Å². The Labute approximate surface area is 115 Å². The molecule has 4 nitrogen and oxygen atoms in total. The molecule has 4 heteroatoms. The second-order valence-electron chi connectivity index (χ2n) is 5.65. The van der Waals surface area contributed by atoms with Gasteiger partial charge in [-0.1, -0.05) is 46.0 Å². The zero-order valence-corrected chi connectivity index (χ0v) is 12.3. The van der Waals surface area contributed by atoms with Gasteiger partial charge in [0.1, 0.15) is 11.4 Å². The summed E-state index contributed by atoms with van der Waals surface area (Å²) in [4.78, 5) is 22.5. The molecule has 1 aromatic carbocycles. The second kappa shape index (κ2) is 6.73. The molecule has 0 fully saturated rings. The zero-order chi connectivity index (χ0) is 14.5. The van der Waals surface area contributed by atoms with E-state index in [1.807, 2.05) is 0 Å². The number of nitrogens with one attached hydrogen (secondary N) is 1. The van der Waals surface area contributed by atoms with Crippen LogP contribution in [0.3, 0.4) is 0 Å². The first-order chi connectivity index (χ1) is 8.95. The third-order valence-electron chi connectivity index (χ3n) is 3.99. The van der Waals surface area contributed by atoms with Crippen LogP contribution < -0.4 is 21.9 Å². The van der Waals surface area contributed by atoms with E-state index in [0.29, 0.717) is 5.69 Å². The molecule has 0 spiro atoms. The van der Waals surface area contributed by atoms with Crippen LogP contribution in [0, 0.1) is 0 Å². The molecule has 0 radical (unpaired) electrons. The van der Waals surface area contributed by atoms with E-state index in [1.165, 1.54) is 25.7 Å². The van der Waals surface area contributed by atoms with E-state index >= 15 is 0 Å². The SMILES string of the molecule is CCCCCCCC(C)(CC)Nc1c(N)c(=O)c1=O. The summed E-state index contributed by atoms with van der Waals surface area (Å²) < 4.78 is 0. The molecular weight excluding hydrogens is 240 g/mol. The summed E-state index contributed by atoms with van der Waals surface area (Å²) in [5.74, 6) is 0. The van der Waals surface area contributed by atoms with E-state index in [-0.39, 0.29) is 11.2 Å². The maximum atomic E-state index is 11.4. The minimum atomic E-state index is -0.552. The van der Waals surface area contributed by atoms with Gasteiger partial charge in [-0.25, -0.2) is 0 Å². The van der Waals surface area contributed by atoms with Crippen molar-refractivity contribution in [3.63, 3.8) is 0 Å². The Bertz CT molecular complexity index is 475. The number of nitrogen functional groups attached to an aromatic ring is 1. The van der Waals surface area contributed by atoms with Crippen molar-refractivity contribution < 1.29 is 0 Å². The molecule has 108 valence electrons. The first-order valence-corrected chi connectivity index (χ1v) is 7.32. The summed E-state index contributed by atoms with van der Waals surface area (Å²) in [6.07, 6.45) is 8.02. The molecule has 3 N–H and O–H groups in total. The number of nitrogens with two attached hydrogens (primary N) is 1. The highest BCUT2D eigenvalue weighted by atomic mass is 16.2. The molecule has 0 aliphatic rings. The van der Waals surface area contributed by atoms with Crippen molar-refractivity contribution in [2.24, 2.45) is 0 Å². The number of hydrogen-bond acceptors (Lipinski definition) is 4. The van der Waals surface area contributed by atoms with E-state index in [2.05, 4.69) is 26.1 Å². The van der Waals surface area contributed by atoms with Crippen LogP contribution in [0.15, 0.2) is 9.59 Å². The summed E-state index contributed by atoms with van der Waals surface area (Å²) in [6, 6.07) is 0. The highest BCUT2D eigenvalue weighted by Gasteiger charge is 2.27. The minimum absolute atomic E-state index is 0.0932. The normalized spacial score (nSPS) is 14.5. The monoisotopic (exact) mass is 266 g/mol. The Morgan fingerprint density at radius 2 is 1.68 bits per heavy atom. The maximum Gasteiger partial charge on any atom is 0.253 e. The fourth-order valence-electron chi connectivity index (χ4n) is 2.28. The van der Waals surface area contributed by atoms with Crippen molar-refractivity contribution in [2.45, 2.75) is 71.3 Å². The van der Waals surface area contributed by atoms with Gasteiger partial charge in [-0.15, -0.1) is 0 Å².